The number of hydrogen-bond donors (Lipinski definition) is 4. The van der Waals surface area contributed by atoms with Crippen LogP contribution in [0.3, 0.4) is 0 Å². The number of carbonyl (C=O) groups is 1. The average Bonchev–Trinajstić information content (AvgIpc) is 3.37. The molecule has 0 saturated carbocycles. The number of aromatic amines is 1. The quantitative estimate of drug-likeness (QED) is 0.226. The van der Waals surface area contributed by atoms with Gasteiger partial charge in [0.2, 0.25) is 5.91 Å². The van der Waals surface area contributed by atoms with Crippen LogP contribution < -0.4 is 16.4 Å². The number of rotatable bonds is 4. The summed E-state index contributed by atoms with van der Waals surface area (Å²) in [5.41, 5.74) is 14.1. The molecule has 8 nitrogen and oxygen atoms in total. The second-order valence-corrected chi connectivity index (χ2v) is 10.9. The van der Waals surface area contributed by atoms with Crippen LogP contribution in [0.4, 0.5) is 15.9 Å². The number of amides is 1. The van der Waals surface area contributed by atoms with E-state index in [-0.39, 0.29) is 11.7 Å². The topological polar surface area (TPSA) is 122 Å². The molecule has 5 aromatic rings. The number of benzene rings is 1. The Hall–Kier alpha value is -5.05. The van der Waals surface area contributed by atoms with Gasteiger partial charge >= 0.3 is 0 Å². The molecule has 1 amide bonds. The molecule has 1 aromatic carbocycles. The van der Waals surface area contributed by atoms with Gasteiger partial charge in [-0.25, -0.2) is 9.37 Å². The maximum absolute atomic E-state index is 13.6. The van der Waals surface area contributed by atoms with E-state index in [2.05, 4.69) is 30.6 Å². The first-order chi connectivity index (χ1) is 19.2. The summed E-state index contributed by atoms with van der Waals surface area (Å²) >= 11 is 0. The zero-order valence-electron chi connectivity index (χ0n) is 22.3. The van der Waals surface area contributed by atoms with Crippen LogP contribution in [-0.2, 0) is 4.79 Å². The number of hydrogen-bond acceptors (Lipinski definition) is 6. The van der Waals surface area contributed by atoms with E-state index in [9.17, 15) is 9.18 Å². The zero-order chi connectivity index (χ0) is 28.0. The van der Waals surface area contributed by atoms with Gasteiger partial charge in [0.25, 0.3) is 0 Å². The van der Waals surface area contributed by atoms with Crippen LogP contribution in [0, 0.1) is 11.2 Å². The number of nitrogens with one attached hydrogen (secondary N) is 3. The van der Waals surface area contributed by atoms with Crippen molar-refractivity contribution in [1.29, 1.82) is 0 Å². The van der Waals surface area contributed by atoms with Crippen LogP contribution in [-0.4, -0.2) is 32.4 Å². The minimum Gasteiger partial charge on any atom is -0.400 e. The molecule has 0 saturated heterocycles. The molecule has 9 heteroatoms. The Morgan fingerprint density at radius 1 is 0.925 bits per heavy atom. The highest BCUT2D eigenvalue weighted by molar-refractivity contribution is 6.00. The highest BCUT2D eigenvalue weighted by Gasteiger charge is 2.24. The fourth-order valence-corrected chi connectivity index (χ4v) is 4.74. The van der Waals surface area contributed by atoms with E-state index in [1.54, 1.807) is 43.1 Å². The summed E-state index contributed by atoms with van der Waals surface area (Å²) in [5.74, 6) is 0.336. The highest BCUT2D eigenvalue weighted by Crippen LogP contribution is 2.38. The van der Waals surface area contributed by atoms with E-state index >= 15 is 0 Å². The number of halogens is 1. The number of nitrogens with zero attached hydrogens (tertiary/aromatic N) is 3. The molecule has 0 spiro atoms. The molecule has 5 heterocycles. The molecule has 0 aliphatic carbocycles. The second kappa shape index (κ2) is 9.60. The SMILES string of the molecule is CC(C)(C)C(=O)Nc1cncc(-c2cnc3c(c2)C(c2cc4c(-c5ccc(F)cc5)cncc4[nH]2)=C(N)CN3)c1. The van der Waals surface area contributed by atoms with Crippen molar-refractivity contribution in [2.45, 2.75) is 20.8 Å². The third kappa shape index (κ3) is 4.66. The van der Waals surface area contributed by atoms with Crippen LogP contribution in [0.25, 0.3) is 38.7 Å². The summed E-state index contributed by atoms with van der Waals surface area (Å²) < 4.78 is 13.6. The average molecular weight is 534 g/mol. The molecule has 6 rings (SSSR count). The second-order valence-electron chi connectivity index (χ2n) is 10.9. The molecule has 0 bridgehead atoms. The molecule has 200 valence electrons. The number of H-pyrrole nitrogens is 1. The fraction of sp³-hybridized carbons (Fsp3) is 0.161. The maximum Gasteiger partial charge on any atom is 0.229 e. The number of anilines is 2. The summed E-state index contributed by atoms with van der Waals surface area (Å²) in [5, 5.41) is 7.18. The first-order valence-corrected chi connectivity index (χ1v) is 12.9. The van der Waals surface area contributed by atoms with Crippen LogP contribution in [0.2, 0.25) is 0 Å². The summed E-state index contributed by atoms with van der Waals surface area (Å²) in [6, 6.07) is 12.3. The first kappa shape index (κ1) is 25.2. The van der Waals surface area contributed by atoms with Gasteiger partial charge in [-0.15, -0.1) is 0 Å². The summed E-state index contributed by atoms with van der Waals surface area (Å²) in [4.78, 5) is 29.4. The molecule has 0 fully saturated rings. The smallest absolute Gasteiger partial charge is 0.229 e. The summed E-state index contributed by atoms with van der Waals surface area (Å²) in [6.45, 7) is 6.03. The van der Waals surface area contributed by atoms with Crippen molar-refractivity contribution in [1.82, 2.24) is 19.9 Å². The minimum absolute atomic E-state index is 0.0921. The molecular weight excluding hydrogens is 505 g/mol. The Balaban J connectivity index is 1.41. The van der Waals surface area contributed by atoms with Crippen LogP contribution in [0.15, 0.2) is 79.1 Å². The predicted molar refractivity (Wildman–Crippen MR) is 156 cm³/mol. The first-order valence-electron chi connectivity index (χ1n) is 12.9. The van der Waals surface area contributed by atoms with Gasteiger partial charge in [-0.3, -0.25) is 14.8 Å². The van der Waals surface area contributed by atoms with Gasteiger partial charge in [0.15, 0.2) is 0 Å². The van der Waals surface area contributed by atoms with Crippen molar-refractivity contribution < 1.29 is 9.18 Å². The summed E-state index contributed by atoms with van der Waals surface area (Å²) in [6.07, 6.45) is 8.69. The predicted octanol–water partition coefficient (Wildman–Crippen LogP) is 5.95. The number of carbonyl (C=O) groups excluding carboxylic acids is 1. The van der Waals surface area contributed by atoms with Crippen LogP contribution in [0.1, 0.15) is 32.0 Å². The van der Waals surface area contributed by atoms with Gasteiger partial charge in [-0.2, -0.15) is 0 Å². The lowest BCUT2D eigenvalue weighted by Crippen LogP contribution is -2.27. The lowest BCUT2D eigenvalue weighted by molar-refractivity contribution is -0.123. The molecule has 1 aliphatic heterocycles. The van der Waals surface area contributed by atoms with Gasteiger partial charge in [-0.1, -0.05) is 32.9 Å². The largest absolute Gasteiger partial charge is 0.400 e. The Morgan fingerprint density at radius 2 is 1.68 bits per heavy atom. The number of nitrogens with two attached hydrogens (primary N) is 1. The molecule has 1 aliphatic rings. The van der Waals surface area contributed by atoms with Crippen molar-refractivity contribution in [3.63, 3.8) is 0 Å². The lowest BCUT2D eigenvalue weighted by Gasteiger charge is -2.22. The monoisotopic (exact) mass is 533 g/mol. The van der Waals surface area contributed by atoms with Crippen molar-refractivity contribution in [2.75, 3.05) is 17.2 Å². The summed E-state index contributed by atoms with van der Waals surface area (Å²) in [7, 11) is 0. The Kier molecular flexibility index (Phi) is 6.06. The van der Waals surface area contributed by atoms with Crippen molar-refractivity contribution >= 4 is 33.9 Å². The standard InChI is InChI=1S/C31H28FN7O/c1-31(2,3)30(40)38-21-8-18(11-34-13-21)19-9-23-28(25(33)15-37-29(23)36-12-19)26-10-22-24(14-35-16-27(22)39-26)17-4-6-20(32)7-5-17/h4-14,16,39H,15,33H2,1-3H3,(H,36,37)(H,38,40). The molecule has 40 heavy (non-hydrogen) atoms. The van der Waals surface area contributed by atoms with Crippen molar-refractivity contribution in [2.24, 2.45) is 11.1 Å². The molecule has 0 atom stereocenters. The van der Waals surface area contributed by atoms with E-state index in [1.165, 1.54) is 12.1 Å². The third-order valence-electron chi connectivity index (χ3n) is 6.91. The van der Waals surface area contributed by atoms with Gasteiger partial charge in [0.1, 0.15) is 11.6 Å². The molecular formula is C31H28FN7O. The fourth-order valence-electron chi connectivity index (χ4n) is 4.74. The van der Waals surface area contributed by atoms with Gasteiger partial charge in [0.05, 0.1) is 30.1 Å². The number of pyridine rings is 3. The van der Waals surface area contributed by atoms with Gasteiger partial charge < -0.3 is 21.4 Å². The Bertz CT molecular complexity index is 1800. The molecule has 0 unspecified atom stereocenters. The zero-order valence-corrected chi connectivity index (χ0v) is 22.3. The van der Waals surface area contributed by atoms with Gasteiger partial charge in [0, 0.05) is 68.6 Å². The Morgan fingerprint density at radius 3 is 2.45 bits per heavy atom. The number of fused-ring (bicyclic) bond motifs is 2. The van der Waals surface area contributed by atoms with E-state index in [0.29, 0.717) is 23.7 Å². The third-order valence-corrected chi connectivity index (χ3v) is 6.91. The Labute approximate surface area is 230 Å². The minimum atomic E-state index is -0.530. The van der Waals surface area contributed by atoms with Crippen LogP contribution in [0.5, 0.6) is 0 Å². The normalized spacial score (nSPS) is 13.2. The van der Waals surface area contributed by atoms with E-state index in [4.69, 9.17) is 5.73 Å². The van der Waals surface area contributed by atoms with E-state index in [0.717, 1.165) is 50.0 Å². The highest BCUT2D eigenvalue weighted by atomic mass is 19.1. The maximum atomic E-state index is 13.6. The van der Waals surface area contributed by atoms with Gasteiger partial charge in [-0.05, 0) is 35.9 Å². The number of aromatic nitrogens is 4. The van der Waals surface area contributed by atoms with Crippen LogP contribution >= 0.6 is 0 Å². The van der Waals surface area contributed by atoms with Crippen molar-refractivity contribution in [3.8, 4) is 22.3 Å². The van der Waals surface area contributed by atoms with Crippen molar-refractivity contribution in [3.05, 3.63) is 96.2 Å². The molecule has 5 N–H and O–H groups in total. The van der Waals surface area contributed by atoms with E-state index < -0.39 is 5.41 Å². The lowest BCUT2D eigenvalue weighted by atomic mass is 9.94. The van der Waals surface area contributed by atoms with E-state index in [1.807, 2.05) is 39.0 Å². The molecule has 0 radical (unpaired) electrons. The molecule has 4 aromatic heterocycles.